The number of halogens is 1. The summed E-state index contributed by atoms with van der Waals surface area (Å²) in [6.07, 6.45) is -4.55. The topological polar surface area (TPSA) is 294 Å². The van der Waals surface area contributed by atoms with E-state index in [1.807, 2.05) is 0 Å². The number of nitrogens with one attached hydrogen (secondary N) is 1. The first-order chi connectivity index (χ1) is 25.8. The molecule has 0 aromatic heterocycles. The Labute approximate surface area is 329 Å². The van der Waals surface area contributed by atoms with Crippen LogP contribution in [0.5, 0.6) is 23.0 Å². The number of carbonyl (C=O) groups excluding carboxylic acids is 7. The van der Waals surface area contributed by atoms with Crippen molar-refractivity contribution in [2.75, 3.05) is 26.4 Å². The Morgan fingerprint density at radius 2 is 0.964 bits per heavy atom. The summed E-state index contributed by atoms with van der Waals surface area (Å²) in [4.78, 5) is 81.2. The van der Waals surface area contributed by atoms with Gasteiger partial charge in [0.25, 0.3) is 5.91 Å². The molecule has 0 aliphatic carbocycles. The van der Waals surface area contributed by atoms with Crippen molar-refractivity contribution in [1.29, 1.82) is 0 Å². The summed E-state index contributed by atoms with van der Waals surface area (Å²) in [5, 5.41) is 2.39. The lowest BCUT2D eigenvalue weighted by Gasteiger charge is -2.22. The summed E-state index contributed by atoms with van der Waals surface area (Å²) in [6.45, 7) is 11.9. The van der Waals surface area contributed by atoms with Gasteiger partial charge in [0.2, 0.25) is 5.91 Å². The number of benzene rings is 2. The summed E-state index contributed by atoms with van der Waals surface area (Å²) in [6, 6.07) is 6.86. The Balaban J connectivity index is 0.00000109. The van der Waals surface area contributed by atoms with Crippen LogP contribution in [0.4, 0.5) is 24.0 Å². The molecule has 0 heterocycles. The zero-order valence-corrected chi connectivity index (χ0v) is 32.9. The van der Waals surface area contributed by atoms with Gasteiger partial charge in [-0.15, -0.1) is 0 Å². The molecule has 0 fully saturated rings. The van der Waals surface area contributed by atoms with Crippen LogP contribution in [0.15, 0.2) is 36.4 Å². The van der Waals surface area contributed by atoms with Gasteiger partial charge in [0.05, 0.1) is 26.4 Å². The van der Waals surface area contributed by atoms with Crippen molar-refractivity contribution in [3.8, 4) is 23.0 Å². The summed E-state index contributed by atoms with van der Waals surface area (Å²) in [5.74, 6) is -1.68. The van der Waals surface area contributed by atoms with E-state index in [9.17, 15) is 33.6 Å². The number of alkyl carbamates (subject to hydrolysis) is 1. The van der Waals surface area contributed by atoms with Gasteiger partial charge in [-0.25, -0.2) is 24.0 Å². The normalized spacial score (nSPS) is 11.3. The van der Waals surface area contributed by atoms with Gasteiger partial charge in [-0.05, 0) is 83.9 Å². The fraction of sp³-hybridized carbons (Fsp3) is 0.457. The van der Waals surface area contributed by atoms with Crippen LogP contribution in [0.1, 0.15) is 59.6 Å². The van der Waals surface area contributed by atoms with E-state index in [4.69, 9.17) is 49.4 Å². The highest BCUT2D eigenvalue weighted by atomic mass is 35.5. The third-order valence-corrected chi connectivity index (χ3v) is 6.20. The molecule has 0 unspecified atom stereocenters. The molecule has 0 saturated heterocycles. The quantitative estimate of drug-likeness (QED) is 0.105. The van der Waals surface area contributed by atoms with Crippen LogP contribution in [0, 0.1) is 0 Å². The molecule has 2 atom stereocenters. The number of quaternary nitrogens is 1. The van der Waals surface area contributed by atoms with E-state index in [2.05, 4.69) is 15.8 Å². The Bertz CT molecular complexity index is 1650. The van der Waals surface area contributed by atoms with Gasteiger partial charge in [-0.3, -0.25) is 9.59 Å². The highest BCUT2D eigenvalue weighted by molar-refractivity contribution is 5.84. The van der Waals surface area contributed by atoms with Gasteiger partial charge < -0.3 is 77.6 Å². The van der Waals surface area contributed by atoms with Crippen molar-refractivity contribution in [3.63, 3.8) is 0 Å². The molecule has 2 aromatic carbocycles. The number of carbonyl (C=O) groups is 7. The van der Waals surface area contributed by atoms with Crippen molar-refractivity contribution in [2.45, 2.75) is 79.0 Å². The first kappa shape index (κ1) is 50.0. The maximum atomic E-state index is 12.0. The second-order valence-electron chi connectivity index (χ2n) is 11.8. The molecule has 0 saturated carbocycles. The van der Waals surface area contributed by atoms with Gasteiger partial charge in [0.1, 0.15) is 11.6 Å². The lowest BCUT2D eigenvalue weighted by molar-refractivity contribution is -0.402. The lowest BCUT2D eigenvalue weighted by Crippen LogP contribution is -3.00. The molecule has 3 amide bonds. The highest BCUT2D eigenvalue weighted by Gasteiger charge is 2.25. The lowest BCUT2D eigenvalue weighted by atomic mass is 10.0. The van der Waals surface area contributed by atoms with E-state index in [1.165, 1.54) is 30.3 Å². The maximum absolute atomic E-state index is 12.0. The number of rotatable bonds is 15. The fourth-order valence-corrected chi connectivity index (χ4v) is 3.93. The molecular formula is C35H49ClN4O16. The molecule has 20 nitrogen and oxygen atoms in total. The highest BCUT2D eigenvalue weighted by Crippen LogP contribution is 2.31. The molecule has 0 aliphatic rings. The second kappa shape index (κ2) is 25.1. The zero-order valence-electron chi connectivity index (χ0n) is 32.1. The van der Waals surface area contributed by atoms with Crippen molar-refractivity contribution >= 4 is 42.5 Å². The van der Waals surface area contributed by atoms with E-state index in [1.54, 1.807) is 54.5 Å². The molecule has 21 heteroatoms. The van der Waals surface area contributed by atoms with Gasteiger partial charge in [0, 0.05) is 12.8 Å². The molecule has 8 N–H and O–H groups in total. The molecule has 2 aromatic rings. The largest absolute Gasteiger partial charge is 1.00 e. The zero-order chi connectivity index (χ0) is 41.7. The van der Waals surface area contributed by atoms with Crippen molar-refractivity contribution in [2.24, 2.45) is 11.5 Å². The average molecular weight is 817 g/mol. The molecule has 0 radical (unpaired) electrons. The van der Waals surface area contributed by atoms with Gasteiger partial charge in [-0.2, -0.15) is 0 Å². The number of hydrogen-bond donors (Lipinski definition) is 4. The average Bonchev–Trinajstić information content (AvgIpc) is 3.06. The van der Waals surface area contributed by atoms with Crippen LogP contribution < -0.4 is 53.9 Å². The van der Waals surface area contributed by atoms with Crippen LogP contribution in [-0.4, -0.2) is 86.6 Å². The van der Waals surface area contributed by atoms with Crippen LogP contribution in [0.25, 0.3) is 0 Å². The Morgan fingerprint density at radius 1 is 0.607 bits per heavy atom. The number of hydrogen-bond acceptors (Lipinski definition) is 16. The van der Waals surface area contributed by atoms with E-state index in [-0.39, 0.29) is 74.7 Å². The molecule has 0 aliphatic heterocycles. The number of amides is 3. The van der Waals surface area contributed by atoms with Gasteiger partial charge in [0.15, 0.2) is 29.0 Å². The Morgan fingerprint density at radius 3 is 1.29 bits per heavy atom. The summed E-state index contributed by atoms with van der Waals surface area (Å²) < 4.78 is 44.0. The summed E-state index contributed by atoms with van der Waals surface area (Å²) in [7, 11) is 0. The van der Waals surface area contributed by atoms with Gasteiger partial charge >= 0.3 is 30.7 Å². The van der Waals surface area contributed by atoms with Crippen molar-refractivity contribution in [3.05, 3.63) is 47.5 Å². The second-order valence-corrected chi connectivity index (χ2v) is 11.8. The fourth-order valence-electron chi connectivity index (χ4n) is 3.93. The molecule has 312 valence electrons. The molecule has 56 heavy (non-hydrogen) atoms. The molecular weight excluding hydrogens is 768 g/mol. The van der Waals surface area contributed by atoms with Crippen LogP contribution in [0.3, 0.4) is 0 Å². The molecule has 0 spiro atoms. The Hall–Kier alpha value is -6.02. The number of primary amides is 2. The van der Waals surface area contributed by atoms with Crippen LogP contribution >= 0.6 is 0 Å². The van der Waals surface area contributed by atoms with E-state index in [0.29, 0.717) is 11.1 Å². The molecule has 2 rings (SSSR count). The smallest absolute Gasteiger partial charge is 0.513 e. The summed E-state index contributed by atoms with van der Waals surface area (Å²) in [5.41, 5.74) is 14.5. The number of ether oxygens (including phenoxy) is 9. The predicted molar refractivity (Wildman–Crippen MR) is 189 cm³/mol. The third kappa shape index (κ3) is 19.9. The predicted octanol–water partition coefficient (Wildman–Crippen LogP) is 0.0778. The monoisotopic (exact) mass is 816 g/mol. The first-order valence-electron chi connectivity index (χ1n) is 16.9. The van der Waals surface area contributed by atoms with Crippen LogP contribution in [-0.2, 0) is 46.1 Å². The minimum absolute atomic E-state index is 0. The van der Waals surface area contributed by atoms with E-state index < -0.39 is 60.2 Å². The minimum atomic E-state index is -1.11. The molecule has 0 bridgehead atoms. The third-order valence-electron chi connectivity index (χ3n) is 6.20. The summed E-state index contributed by atoms with van der Waals surface area (Å²) >= 11 is 0. The Kier molecular flexibility index (Phi) is 22.4. The van der Waals surface area contributed by atoms with Crippen LogP contribution in [0.2, 0.25) is 0 Å². The van der Waals surface area contributed by atoms with Crippen molar-refractivity contribution in [1.82, 2.24) is 5.32 Å². The number of nitrogens with two attached hydrogens (primary N) is 2. The first-order valence-corrected chi connectivity index (χ1v) is 16.9. The minimum Gasteiger partial charge on any atom is -1.00 e. The van der Waals surface area contributed by atoms with E-state index in [0.717, 1.165) is 0 Å². The van der Waals surface area contributed by atoms with E-state index >= 15 is 0 Å². The maximum Gasteiger partial charge on any atom is 0.513 e. The van der Waals surface area contributed by atoms with Crippen molar-refractivity contribution < 1.29 is 94.3 Å². The van der Waals surface area contributed by atoms with Gasteiger partial charge in [-0.1, -0.05) is 12.1 Å². The standard InChI is InChI=1S/C20H28N2O9.C15H20N2O7.ClH/c1-6-27-18(25)29-14-9-8-12(11-15(14)30-19(26)28-7-2)10-13(16(21)23)22-17(24)31-20(3,4)5;1-3-21-14(19)23-11-6-5-9(7-10(16)13(17)18)8-12(11)24-15(20)22-4-2;/h8-9,11,13H,6-7,10H2,1-5H3,(H2,21,23)(H,22,24);5-6,8,10H,3-4,7,16H2,1-2H3,(H2,17,18);1H/t13-;10-;/m00./s1. The SMILES string of the molecule is CCOC(=O)Oc1ccc(C[C@H](NC(=O)OC(C)(C)C)C(N)=O)cc1OC(=O)OCC.CCOC(=O)Oc1ccc(C[C@H]([NH3+])C(N)=O)cc1OC(=O)OCC.[Cl-].